The van der Waals surface area contributed by atoms with Gasteiger partial charge in [-0.05, 0) is 97.8 Å². The summed E-state index contributed by atoms with van der Waals surface area (Å²) in [7, 11) is -7.93. The van der Waals surface area contributed by atoms with Crippen LogP contribution in [0.3, 0.4) is 0 Å². The maximum Gasteiger partial charge on any atom is 0.257 e. The summed E-state index contributed by atoms with van der Waals surface area (Å²) >= 11 is 2.80. The fraction of sp³-hybridized carbons (Fsp3) is 0.0769. The van der Waals surface area contributed by atoms with Gasteiger partial charge in [0.2, 0.25) is 25.6 Å². The van der Waals surface area contributed by atoms with Crippen LogP contribution < -0.4 is 27.0 Å². The molecule has 6 aromatic carbocycles. The fourth-order valence-electron chi connectivity index (χ4n) is 8.04. The van der Waals surface area contributed by atoms with Crippen LogP contribution in [0.15, 0.2) is 153 Å². The van der Waals surface area contributed by atoms with E-state index < -0.39 is 49.2 Å². The average molecular weight is 1050 g/mol. The molecule has 0 aliphatic carbocycles. The Morgan fingerprint density at radius 3 is 1.41 bits per heavy atom. The van der Waals surface area contributed by atoms with Crippen molar-refractivity contribution in [3.05, 3.63) is 188 Å². The van der Waals surface area contributed by atoms with E-state index in [1.807, 2.05) is 12.1 Å². The summed E-state index contributed by atoms with van der Waals surface area (Å²) in [6.07, 6.45) is 3.32. The van der Waals surface area contributed by atoms with Gasteiger partial charge in [0.1, 0.15) is 10.0 Å². The average Bonchev–Trinajstić information content (AvgIpc) is 4.06. The number of benzene rings is 6. The van der Waals surface area contributed by atoms with Gasteiger partial charge in [-0.3, -0.25) is 24.0 Å². The lowest BCUT2D eigenvalue weighted by atomic mass is 10.1. The highest BCUT2D eigenvalue weighted by Crippen LogP contribution is 2.39. The van der Waals surface area contributed by atoms with Crippen LogP contribution in [-0.2, 0) is 32.8 Å². The summed E-state index contributed by atoms with van der Waals surface area (Å²) in [6, 6.07) is 33.5. The van der Waals surface area contributed by atoms with E-state index >= 15 is 0 Å². The van der Waals surface area contributed by atoms with Crippen molar-refractivity contribution < 1.29 is 40.8 Å². The summed E-state index contributed by atoms with van der Waals surface area (Å²) in [5, 5.41) is 21.4. The number of amides is 5. The highest BCUT2D eigenvalue weighted by atomic mass is 32.2. The second kappa shape index (κ2) is 19.8. The number of thiazole rings is 2. The Bertz CT molecular complexity index is 3880. The number of anilines is 2. The number of aromatic nitrogens is 2. The Labute approximate surface area is 425 Å². The van der Waals surface area contributed by atoms with E-state index in [4.69, 9.17) is 11.0 Å². The van der Waals surface area contributed by atoms with Crippen LogP contribution in [-0.4, -0.2) is 56.3 Å². The molecule has 2 aliphatic heterocycles. The van der Waals surface area contributed by atoms with E-state index in [0.717, 1.165) is 25.9 Å². The molecule has 0 fully saturated rings. The molecule has 0 atom stereocenters. The Hall–Kier alpha value is -8.68. The molecule has 364 valence electrons. The number of nitrogens with one attached hydrogen (secondary N) is 4. The van der Waals surface area contributed by atoms with Gasteiger partial charge in [-0.1, -0.05) is 48.5 Å². The maximum atomic E-state index is 13.3. The number of rotatable bonds is 9. The molecule has 0 saturated heterocycles. The Morgan fingerprint density at radius 1 is 0.589 bits per heavy atom. The quantitative estimate of drug-likeness (QED) is 0.0924. The topological polar surface area (TPSA) is 277 Å². The van der Waals surface area contributed by atoms with Crippen molar-refractivity contribution in [3.63, 3.8) is 0 Å². The molecule has 5 amide bonds. The lowest BCUT2D eigenvalue weighted by molar-refractivity contribution is 0.0942. The van der Waals surface area contributed by atoms with Gasteiger partial charge in [0, 0.05) is 50.0 Å². The van der Waals surface area contributed by atoms with Crippen molar-refractivity contribution in [2.24, 2.45) is 5.73 Å². The zero-order valence-electron chi connectivity index (χ0n) is 38.3. The van der Waals surface area contributed by atoms with Gasteiger partial charge in [0.05, 0.1) is 66.8 Å². The van der Waals surface area contributed by atoms with E-state index in [-0.39, 0.29) is 66.3 Å². The number of nitrogens with two attached hydrogens (primary N) is 1. The number of hydrogen-bond donors (Lipinski definition) is 5. The standard InChI is InChI=1S/C26H20N4O5S2.C26H18N4O4S2/c1-14-18(10-11-21-22(14)30-25(33)19-4-2-3-5-20(19)37(21,34)35)24(32)28-12-17-13-29-26(36-17)16-8-6-15(7-9-16)23(27)31;1-15-19(10-11-22-23(15)30-25(32)20-4-2-3-5-21(20)36(22,33)34)24(31)28-13-18-14-29-26(35-18)17-8-6-16(12-27)7-9-17/h2-11,13H,12H2,1H3,(H2,27,31)(H,28,32)(H,30,33);2-11,14H,13H2,1H3,(H,28,31)(H,30,32). The third-order valence-corrected chi connectivity index (χ3v) is 17.7. The first-order valence-electron chi connectivity index (χ1n) is 21.9. The second-order valence-electron chi connectivity index (χ2n) is 16.4. The third-order valence-electron chi connectivity index (χ3n) is 11.9. The minimum Gasteiger partial charge on any atom is -0.366 e. The Balaban J connectivity index is 0.000000180. The first-order valence-corrected chi connectivity index (χ1v) is 26.5. The Kier molecular flexibility index (Phi) is 13.4. The molecule has 10 rings (SSSR count). The SMILES string of the molecule is Cc1c(C(=O)NCc2cnc(-c3ccc(C#N)cc3)s2)ccc2c1NC(=O)c1ccccc1S2(=O)=O.Cc1c(C(=O)NCc2cnc(-c3ccc(C(N)=O)cc3)s2)ccc2c1NC(=O)c1ccccc1S2(=O)=O. The number of fused-ring (bicyclic) bond motifs is 4. The van der Waals surface area contributed by atoms with E-state index in [0.29, 0.717) is 27.3 Å². The molecule has 0 saturated carbocycles. The van der Waals surface area contributed by atoms with Crippen LogP contribution in [0.1, 0.15) is 78.2 Å². The molecular weight excluding hydrogens is 1010 g/mol. The number of nitrogens with zero attached hydrogens (tertiary/aromatic N) is 3. The number of carbonyl (C=O) groups is 5. The van der Waals surface area contributed by atoms with Gasteiger partial charge in [0.15, 0.2) is 0 Å². The van der Waals surface area contributed by atoms with Crippen LogP contribution in [0.25, 0.3) is 21.1 Å². The maximum absolute atomic E-state index is 13.3. The molecule has 8 aromatic rings. The van der Waals surface area contributed by atoms with E-state index in [1.165, 1.54) is 71.2 Å². The van der Waals surface area contributed by atoms with Crippen molar-refractivity contribution in [2.75, 3.05) is 10.6 Å². The normalized spacial score (nSPS) is 13.5. The van der Waals surface area contributed by atoms with Crippen LogP contribution >= 0.6 is 22.7 Å². The summed E-state index contributed by atoms with van der Waals surface area (Å²) in [5.41, 5.74) is 9.43. The molecule has 0 spiro atoms. The van der Waals surface area contributed by atoms with E-state index in [1.54, 1.807) is 86.9 Å². The predicted octanol–water partition coefficient (Wildman–Crippen LogP) is 7.86. The highest BCUT2D eigenvalue weighted by Gasteiger charge is 2.34. The van der Waals surface area contributed by atoms with E-state index in [2.05, 4.69) is 37.3 Å². The predicted molar refractivity (Wildman–Crippen MR) is 273 cm³/mol. The number of sulfone groups is 2. The van der Waals surface area contributed by atoms with Crippen molar-refractivity contribution in [1.29, 1.82) is 5.26 Å². The van der Waals surface area contributed by atoms with Crippen molar-refractivity contribution in [2.45, 2.75) is 46.5 Å². The van der Waals surface area contributed by atoms with Crippen molar-refractivity contribution in [3.8, 4) is 27.2 Å². The Morgan fingerprint density at radius 2 is 1.00 bits per heavy atom. The smallest absolute Gasteiger partial charge is 0.257 e. The summed E-state index contributed by atoms with van der Waals surface area (Å²) in [6.45, 7) is 3.62. The number of primary amides is 1. The molecule has 0 unspecified atom stereocenters. The van der Waals surface area contributed by atoms with Gasteiger partial charge in [-0.2, -0.15) is 5.26 Å². The fourth-order valence-corrected chi connectivity index (χ4v) is 13.1. The molecule has 4 heterocycles. The van der Waals surface area contributed by atoms with Gasteiger partial charge in [-0.25, -0.2) is 26.8 Å². The minimum atomic E-state index is -3.97. The zero-order valence-corrected chi connectivity index (χ0v) is 41.6. The molecule has 0 bridgehead atoms. The van der Waals surface area contributed by atoms with Crippen molar-refractivity contribution in [1.82, 2.24) is 20.6 Å². The zero-order chi connectivity index (χ0) is 51.8. The molecule has 0 radical (unpaired) electrons. The number of carbonyl (C=O) groups excluding carboxylic acids is 5. The molecule has 73 heavy (non-hydrogen) atoms. The van der Waals surface area contributed by atoms with Crippen LogP contribution in [0, 0.1) is 25.2 Å². The van der Waals surface area contributed by atoms with Gasteiger partial charge >= 0.3 is 0 Å². The van der Waals surface area contributed by atoms with Gasteiger partial charge in [0.25, 0.3) is 23.6 Å². The highest BCUT2D eigenvalue weighted by molar-refractivity contribution is 7.92. The van der Waals surface area contributed by atoms with Gasteiger partial charge in [-0.15, -0.1) is 22.7 Å². The number of hydrogen-bond acceptors (Lipinski definition) is 14. The third kappa shape index (κ3) is 9.62. The second-order valence-corrected chi connectivity index (χ2v) is 22.4. The van der Waals surface area contributed by atoms with Crippen LogP contribution in [0.4, 0.5) is 11.4 Å². The lowest BCUT2D eigenvalue weighted by Crippen LogP contribution is -2.24. The molecular formula is C52H38N8O9S4. The summed E-state index contributed by atoms with van der Waals surface area (Å²) < 4.78 is 53.0. The first kappa shape index (κ1) is 49.3. The minimum absolute atomic E-state index is 0.0503. The molecule has 21 heteroatoms. The van der Waals surface area contributed by atoms with E-state index in [9.17, 15) is 40.8 Å². The molecule has 2 aromatic heterocycles. The lowest BCUT2D eigenvalue weighted by Gasteiger charge is -2.14. The monoisotopic (exact) mass is 1050 g/mol. The number of nitriles is 1. The summed E-state index contributed by atoms with van der Waals surface area (Å²) in [4.78, 5) is 72.9. The summed E-state index contributed by atoms with van der Waals surface area (Å²) in [5.74, 6) is -2.44. The molecule has 6 N–H and O–H groups in total. The van der Waals surface area contributed by atoms with Gasteiger partial charge < -0.3 is 27.0 Å². The van der Waals surface area contributed by atoms with Crippen LogP contribution in [0.2, 0.25) is 0 Å². The van der Waals surface area contributed by atoms with Crippen LogP contribution in [0.5, 0.6) is 0 Å². The first-order chi connectivity index (χ1) is 35.0. The largest absolute Gasteiger partial charge is 0.366 e. The molecule has 2 aliphatic rings. The molecule has 17 nitrogen and oxygen atoms in total. The van der Waals surface area contributed by atoms with Crippen molar-refractivity contribution >= 4 is 83.3 Å².